The highest BCUT2D eigenvalue weighted by Gasteiger charge is 2.39. The second-order valence-electron chi connectivity index (χ2n) is 15.1. The van der Waals surface area contributed by atoms with Crippen LogP contribution in [0.1, 0.15) is 23.5 Å². The van der Waals surface area contributed by atoms with E-state index in [2.05, 4.69) is 182 Å². The summed E-state index contributed by atoms with van der Waals surface area (Å²) in [7, 11) is 0. The van der Waals surface area contributed by atoms with Crippen molar-refractivity contribution in [2.45, 2.75) is 12.3 Å². The van der Waals surface area contributed by atoms with Crippen LogP contribution < -0.4 is 0 Å². The third kappa shape index (κ3) is 4.30. The van der Waals surface area contributed by atoms with E-state index in [9.17, 15) is 0 Å². The molecule has 0 aromatic heterocycles. The molecule has 0 radical (unpaired) electrons. The molecule has 2 aliphatic rings. The smallest absolute Gasteiger partial charge is 0.00141 e. The maximum atomic E-state index is 2.49. The van der Waals surface area contributed by atoms with Crippen molar-refractivity contribution in [3.05, 3.63) is 187 Å². The molecule has 0 aliphatic heterocycles. The summed E-state index contributed by atoms with van der Waals surface area (Å²) >= 11 is 0. The van der Waals surface area contributed by atoms with E-state index < -0.39 is 0 Å². The van der Waals surface area contributed by atoms with Crippen molar-refractivity contribution in [2.75, 3.05) is 0 Å². The van der Waals surface area contributed by atoms with Gasteiger partial charge in [0.1, 0.15) is 0 Å². The summed E-state index contributed by atoms with van der Waals surface area (Å²) in [4.78, 5) is 0. The van der Waals surface area contributed by atoms with Crippen LogP contribution in [-0.4, -0.2) is 0 Å². The summed E-state index contributed by atoms with van der Waals surface area (Å²) < 4.78 is 0. The molecule has 246 valence electrons. The Morgan fingerprint density at radius 3 is 1.70 bits per heavy atom. The van der Waals surface area contributed by atoms with Gasteiger partial charge in [-0.3, -0.25) is 0 Å². The van der Waals surface area contributed by atoms with Crippen LogP contribution in [0, 0.1) is 5.92 Å². The van der Waals surface area contributed by atoms with E-state index in [4.69, 9.17) is 0 Å². The van der Waals surface area contributed by atoms with Gasteiger partial charge in [0.15, 0.2) is 0 Å². The molecule has 2 aliphatic carbocycles. The zero-order valence-electron chi connectivity index (χ0n) is 29.2. The lowest BCUT2D eigenvalue weighted by molar-refractivity contribution is 0.996. The molecule has 0 bridgehead atoms. The first-order valence-electron chi connectivity index (χ1n) is 18.9. The van der Waals surface area contributed by atoms with E-state index in [-0.39, 0.29) is 0 Å². The van der Waals surface area contributed by atoms with E-state index in [1.54, 1.807) is 0 Å². The number of hydrogen-bond acceptors (Lipinski definition) is 0. The molecule has 1 saturated carbocycles. The fraction of sp³-hybridized carbons (Fsp3) is 0.0566. The summed E-state index contributed by atoms with van der Waals surface area (Å²) in [5.74, 6) is 1.39. The van der Waals surface area contributed by atoms with Gasteiger partial charge in [0.05, 0.1) is 0 Å². The third-order valence-electron chi connectivity index (χ3n) is 12.3. The van der Waals surface area contributed by atoms with E-state index in [1.807, 2.05) is 0 Å². The van der Waals surface area contributed by atoms with E-state index >= 15 is 0 Å². The van der Waals surface area contributed by atoms with Gasteiger partial charge in [0.25, 0.3) is 0 Å². The highest BCUT2D eigenvalue weighted by molar-refractivity contribution is 6.31. The van der Waals surface area contributed by atoms with E-state index in [0.29, 0.717) is 11.8 Å². The van der Waals surface area contributed by atoms with Crippen LogP contribution in [0.2, 0.25) is 0 Å². The van der Waals surface area contributed by atoms with Crippen LogP contribution in [0.4, 0.5) is 0 Å². The number of fused-ring (bicyclic) bond motifs is 5. The normalized spacial score (nSPS) is 16.2. The lowest BCUT2D eigenvalue weighted by Crippen LogP contribution is -1.96. The molecule has 0 saturated heterocycles. The number of rotatable bonds is 4. The first kappa shape index (κ1) is 29.1. The van der Waals surface area contributed by atoms with Crippen molar-refractivity contribution >= 4 is 59.9 Å². The molecule has 10 aromatic carbocycles. The van der Waals surface area contributed by atoms with Crippen LogP contribution in [0.3, 0.4) is 0 Å². The summed E-state index contributed by atoms with van der Waals surface area (Å²) in [6.07, 6.45) is 6.02. The molecule has 0 spiro atoms. The van der Waals surface area contributed by atoms with Crippen molar-refractivity contribution in [3.63, 3.8) is 0 Å². The van der Waals surface area contributed by atoms with Crippen molar-refractivity contribution in [3.8, 4) is 44.5 Å². The summed E-state index contributed by atoms with van der Waals surface area (Å²) in [6, 6.07) is 64.0. The van der Waals surface area contributed by atoms with Gasteiger partial charge < -0.3 is 0 Å². The molecule has 0 amide bonds. The minimum absolute atomic E-state index is 0.672. The van der Waals surface area contributed by atoms with Gasteiger partial charge in [0.2, 0.25) is 0 Å². The van der Waals surface area contributed by atoms with Crippen LogP contribution in [0.15, 0.2) is 176 Å². The standard InChI is InChI=1S/C53H34/c1-3-13-38-32(9-1)11-7-17-41(38)44-25-23-35-24-26-46-51(43-18-8-12-33-10-2-4-14-39(33)43)31-50(47-28-27-45(44)52(35)53(46)47)42-16-6-5-15-40(42)36-21-19-34-20-22-37-30-49(37)48(34)29-36/h1-29,31,37,49H,30H2. The predicted molar refractivity (Wildman–Crippen MR) is 227 cm³/mol. The predicted octanol–water partition coefficient (Wildman–Crippen LogP) is 14.7. The Kier molecular flexibility index (Phi) is 6.04. The molecule has 53 heavy (non-hydrogen) atoms. The topological polar surface area (TPSA) is 0 Å². The molecular weight excluding hydrogens is 637 g/mol. The maximum absolute atomic E-state index is 2.49. The fourth-order valence-electron chi connectivity index (χ4n) is 9.70. The van der Waals surface area contributed by atoms with Gasteiger partial charge in [-0.25, -0.2) is 0 Å². The van der Waals surface area contributed by atoms with Crippen molar-refractivity contribution < 1.29 is 0 Å². The van der Waals surface area contributed by atoms with E-state index in [0.717, 1.165) is 0 Å². The van der Waals surface area contributed by atoms with Gasteiger partial charge in [-0.2, -0.15) is 0 Å². The van der Waals surface area contributed by atoms with E-state index in [1.165, 1.54) is 116 Å². The second kappa shape index (κ2) is 11.0. The summed E-state index contributed by atoms with van der Waals surface area (Å²) in [5.41, 5.74) is 13.2. The summed E-state index contributed by atoms with van der Waals surface area (Å²) in [6.45, 7) is 0. The number of benzene rings is 10. The lowest BCUT2D eigenvalue weighted by Gasteiger charge is -2.22. The lowest BCUT2D eigenvalue weighted by atomic mass is 9.81. The summed E-state index contributed by atoms with van der Waals surface area (Å²) in [5, 5.41) is 12.9. The second-order valence-corrected chi connectivity index (χ2v) is 15.1. The fourth-order valence-corrected chi connectivity index (χ4v) is 9.70. The molecule has 0 N–H and O–H groups in total. The minimum Gasteiger partial charge on any atom is -0.0802 e. The van der Waals surface area contributed by atoms with Gasteiger partial charge in [-0.1, -0.05) is 176 Å². The molecule has 12 rings (SSSR count). The zero-order chi connectivity index (χ0) is 34.6. The van der Waals surface area contributed by atoms with Gasteiger partial charge in [-0.05, 0) is 134 Å². The Bertz CT molecular complexity index is 3150. The SMILES string of the molecule is C1=CC2CC2c2cc(-c3ccccc3-c3cc(-c4cccc5ccccc45)c4ccc5ccc(-c6cccc7ccccc67)c6ccc3c4c56)ccc21. The number of hydrogen-bond donors (Lipinski definition) is 0. The van der Waals surface area contributed by atoms with Gasteiger partial charge in [-0.15, -0.1) is 0 Å². The largest absolute Gasteiger partial charge is 0.0802 e. The van der Waals surface area contributed by atoms with Crippen LogP contribution >= 0.6 is 0 Å². The Hall–Kier alpha value is -6.50. The Morgan fingerprint density at radius 2 is 0.925 bits per heavy atom. The van der Waals surface area contributed by atoms with Crippen molar-refractivity contribution in [1.82, 2.24) is 0 Å². The molecule has 2 unspecified atom stereocenters. The molecule has 10 aromatic rings. The van der Waals surface area contributed by atoms with Crippen LogP contribution in [0.25, 0.3) is 104 Å². The third-order valence-corrected chi connectivity index (χ3v) is 12.3. The highest BCUT2D eigenvalue weighted by atomic mass is 14.4. The molecule has 0 heterocycles. The van der Waals surface area contributed by atoms with Gasteiger partial charge in [0, 0.05) is 0 Å². The molecule has 0 heteroatoms. The van der Waals surface area contributed by atoms with Crippen molar-refractivity contribution in [1.29, 1.82) is 0 Å². The Labute approximate surface area is 308 Å². The first-order valence-corrected chi connectivity index (χ1v) is 18.9. The maximum Gasteiger partial charge on any atom is -0.00141 e. The molecule has 0 nitrogen and oxygen atoms in total. The first-order chi connectivity index (χ1) is 26.3. The number of allylic oxidation sites excluding steroid dienone is 1. The average Bonchev–Trinajstić information content (AvgIpc) is 4.03. The molecule has 1 fully saturated rings. The molecular formula is C53H34. The average molecular weight is 671 g/mol. The zero-order valence-corrected chi connectivity index (χ0v) is 29.2. The van der Waals surface area contributed by atoms with Gasteiger partial charge >= 0.3 is 0 Å². The van der Waals surface area contributed by atoms with Crippen LogP contribution in [-0.2, 0) is 0 Å². The quantitative estimate of drug-likeness (QED) is 0.164. The minimum atomic E-state index is 0.672. The van der Waals surface area contributed by atoms with Crippen LogP contribution in [0.5, 0.6) is 0 Å². The monoisotopic (exact) mass is 670 g/mol. The highest BCUT2D eigenvalue weighted by Crippen LogP contribution is 2.54. The Balaban J connectivity index is 1.19. The Morgan fingerprint density at radius 1 is 0.358 bits per heavy atom. The van der Waals surface area contributed by atoms with Crippen molar-refractivity contribution in [2.24, 2.45) is 5.92 Å². The molecule has 2 atom stereocenters.